The molecule has 0 spiro atoms. The first-order chi connectivity index (χ1) is 9.94. The maximum absolute atomic E-state index is 12.8. The van der Waals surface area contributed by atoms with Gasteiger partial charge < -0.3 is 0 Å². The van der Waals surface area contributed by atoms with Crippen molar-refractivity contribution in [2.75, 3.05) is 0 Å². The first-order valence-electron chi connectivity index (χ1n) is 7.62. The normalized spacial score (nSPS) is 32.8. The molecular weight excluding hydrogens is 260 g/mol. The van der Waals surface area contributed by atoms with E-state index in [-0.39, 0.29) is 23.4 Å². The standard InChI is InChI=1S/C19H24O2/c1-5-11-19(12-7-6-8-16(19)20)17-15(13(2)3)10-9-14(4)18(17)21/h5-6,8-9,15,17H,1-2,7,10-12H2,3-4H3/t15-,17-,19-/m0/s1. The zero-order valence-electron chi connectivity index (χ0n) is 13.0. The van der Waals surface area contributed by atoms with Crippen molar-refractivity contribution >= 4 is 11.6 Å². The fourth-order valence-electron chi connectivity index (χ4n) is 3.81. The highest BCUT2D eigenvalue weighted by molar-refractivity contribution is 6.05. The van der Waals surface area contributed by atoms with E-state index >= 15 is 0 Å². The van der Waals surface area contributed by atoms with Gasteiger partial charge in [0.2, 0.25) is 0 Å². The summed E-state index contributed by atoms with van der Waals surface area (Å²) in [5, 5.41) is 0. The fraction of sp³-hybridized carbons (Fsp3) is 0.474. The quantitative estimate of drug-likeness (QED) is 0.725. The van der Waals surface area contributed by atoms with Crippen molar-refractivity contribution in [1.29, 1.82) is 0 Å². The number of Topliss-reactive ketones (excluding diaryl/α,β-unsaturated/α-hetero) is 1. The number of rotatable bonds is 4. The lowest BCUT2D eigenvalue weighted by atomic mass is 9.56. The van der Waals surface area contributed by atoms with E-state index in [2.05, 4.69) is 13.2 Å². The Hall–Kier alpha value is -1.70. The van der Waals surface area contributed by atoms with Crippen molar-refractivity contribution in [3.8, 4) is 0 Å². The molecule has 0 bridgehead atoms. The molecule has 0 aromatic heterocycles. The summed E-state index contributed by atoms with van der Waals surface area (Å²) in [6.07, 6.45) is 10.3. The summed E-state index contributed by atoms with van der Waals surface area (Å²) in [6, 6.07) is 0. The Kier molecular flexibility index (Phi) is 4.46. The molecule has 0 saturated carbocycles. The fourth-order valence-corrected chi connectivity index (χ4v) is 3.81. The number of ketones is 2. The summed E-state index contributed by atoms with van der Waals surface area (Å²) in [7, 11) is 0. The van der Waals surface area contributed by atoms with Crippen molar-refractivity contribution in [2.45, 2.75) is 39.5 Å². The van der Waals surface area contributed by atoms with E-state index in [9.17, 15) is 9.59 Å². The molecule has 2 aliphatic carbocycles. The van der Waals surface area contributed by atoms with Crippen molar-refractivity contribution in [1.82, 2.24) is 0 Å². The van der Waals surface area contributed by atoms with E-state index in [4.69, 9.17) is 0 Å². The smallest absolute Gasteiger partial charge is 0.162 e. The van der Waals surface area contributed by atoms with E-state index in [0.29, 0.717) is 6.42 Å². The van der Waals surface area contributed by atoms with Gasteiger partial charge in [-0.1, -0.05) is 30.4 Å². The first-order valence-corrected chi connectivity index (χ1v) is 7.62. The molecule has 0 unspecified atom stereocenters. The molecule has 21 heavy (non-hydrogen) atoms. The summed E-state index contributed by atoms with van der Waals surface area (Å²) in [5.74, 6) is -0.0558. The number of allylic oxidation sites excluding steroid dienone is 6. The van der Waals surface area contributed by atoms with E-state index in [0.717, 1.165) is 30.4 Å². The monoisotopic (exact) mass is 284 g/mol. The van der Waals surface area contributed by atoms with Gasteiger partial charge in [0.05, 0.1) is 0 Å². The Morgan fingerprint density at radius 3 is 2.76 bits per heavy atom. The van der Waals surface area contributed by atoms with Crippen LogP contribution in [0.15, 0.2) is 48.6 Å². The van der Waals surface area contributed by atoms with Crippen LogP contribution in [0.1, 0.15) is 39.5 Å². The molecule has 0 N–H and O–H groups in total. The Morgan fingerprint density at radius 1 is 1.48 bits per heavy atom. The molecule has 0 aliphatic heterocycles. The van der Waals surface area contributed by atoms with Gasteiger partial charge in [-0.3, -0.25) is 9.59 Å². The molecular formula is C19H24O2. The summed E-state index contributed by atoms with van der Waals surface area (Å²) < 4.78 is 0. The number of carbonyl (C=O) groups is 2. The predicted octanol–water partition coefficient (Wildman–Crippen LogP) is 4.20. The van der Waals surface area contributed by atoms with Crippen LogP contribution in [0.2, 0.25) is 0 Å². The molecule has 2 nitrogen and oxygen atoms in total. The average molecular weight is 284 g/mol. The number of carbonyl (C=O) groups excluding carboxylic acids is 2. The second-order valence-electron chi connectivity index (χ2n) is 6.37. The number of hydrogen-bond acceptors (Lipinski definition) is 2. The third-order valence-electron chi connectivity index (χ3n) is 5.01. The van der Waals surface area contributed by atoms with Gasteiger partial charge in [0, 0.05) is 11.3 Å². The lowest BCUT2D eigenvalue weighted by molar-refractivity contribution is -0.138. The highest BCUT2D eigenvalue weighted by atomic mass is 16.1. The molecule has 0 saturated heterocycles. The van der Waals surface area contributed by atoms with Crippen molar-refractivity contribution in [2.24, 2.45) is 17.3 Å². The Morgan fingerprint density at radius 2 is 2.19 bits per heavy atom. The van der Waals surface area contributed by atoms with Crippen molar-refractivity contribution < 1.29 is 9.59 Å². The molecule has 2 aliphatic rings. The molecule has 0 heterocycles. The topological polar surface area (TPSA) is 34.1 Å². The molecule has 0 radical (unpaired) electrons. The minimum atomic E-state index is -0.632. The highest BCUT2D eigenvalue weighted by Crippen LogP contribution is 2.49. The molecule has 0 fully saturated rings. The van der Waals surface area contributed by atoms with Gasteiger partial charge in [-0.15, -0.1) is 6.58 Å². The maximum Gasteiger partial charge on any atom is 0.162 e. The third kappa shape index (κ3) is 2.59. The van der Waals surface area contributed by atoms with Crippen molar-refractivity contribution in [3.63, 3.8) is 0 Å². The molecule has 2 rings (SSSR count). The largest absolute Gasteiger partial charge is 0.294 e. The molecule has 3 atom stereocenters. The zero-order chi connectivity index (χ0) is 15.6. The van der Waals surface area contributed by atoms with Gasteiger partial charge >= 0.3 is 0 Å². The Bertz CT molecular complexity index is 550. The highest BCUT2D eigenvalue weighted by Gasteiger charge is 2.51. The van der Waals surface area contributed by atoms with Crippen molar-refractivity contribution in [3.05, 3.63) is 48.6 Å². The minimum absolute atomic E-state index is 0.0524. The van der Waals surface area contributed by atoms with E-state index in [1.807, 2.05) is 26.0 Å². The summed E-state index contributed by atoms with van der Waals surface area (Å²) in [5.41, 5.74) is 1.14. The van der Waals surface area contributed by atoms with Crippen LogP contribution in [-0.2, 0) is 9.59 Å². The third-order valence-corrected chi connectivity index (χ3v) is 5.01. The number of hydrogen-bond donors (Lipinski definition) is 0. The molecule has 0 aromatic carbocycles. The second-order valence-corrected chi connectivity index (χ2v) is 6.37. The summed E-state index contributed by atoms with van der Waals surface area (Å²) in [4.78, 5) is 25.5. The Balaban J connectivity index is 2.55. The summed E-state index contributed by atoms with van der Waals surface area (Å²) >= 11 is 0. The minimum Gasteiger partial charge on any atom is -0.294 e. The first kappa shape index (κ1) is 15.7. The van der Waals surface area contributed by atoms with Gasteiger partial charge in [-0.25, -0.2) is 0 Å². The van der Waals surface area contributed by atoms with Crippen LogP contribution < -0.4 is 0 Å². The van der Waals surface area contributed by atoms with Crippen LogP contribution in [0, 0.1) is 17.3 Å². The summed E-state index contributed by atoms with van der Waals surface area (Å²) in [6.45, 7) is 11.7. The SMILES string of the molecule is C=CC[C@]1([C@@H]2C(=O)C(C)=CC[C@H]2C(=C)C)CCC=CC1=O. The van der Waals surface area contributed by atoms with Gasteiger partial charge in [-0.05, 0) is 57.1 Å². The molecule has 112 valence electrons. The molecule has 2 heteroatoms. The Labute approximate surface area is 127 Å². The van der Waals surface area contributed by atoms with Gasteiger partial charge in [-0.2, -0.15) is 0 Å². The van der Waals surface area contributed by atoms with E-state index < -0.39 is 5.41 Å². The lowest BCUT2D eigenvalue weighted by Gasteiger charge is -2.44. The van der Waals surface area contributed by atoms with Gasteiger partial charge in [0.25, 0.3) is 0 Å². The maximum atomic E-state index is 12.8. The second kappa shape index (κ2) is 5.97. The molecule has 0 aromatic rings. The lowest BCUT2D eigenvalue weighted by Crippen LogP contribution is -2.48. The predicted molar refractivity (Wildman–Crippen MR) is 85.8 cm³/mol. The average Bonchev–Trinajstić information content (AvgIpc) is 2.44. The van der Waals surface area contributed by atoms with Crippen LogP contribution in [-0.4, -0.2) is 11.6 Å². The van der Waals surface area contributed by atoms with E-state index in [1.165, 1.54) is 0 Å². The van der Waals surface area contributed by atoms with Crippen LogP contribution in [0.4, 0.5) is 0 Å². The van der Waals surface area contributed by atoms with Crippen LogP contribution in [0.5, 0.6) is 0 Å². The van der Waals surface area contributed by atoms with Crippen LogP contribution >= 0.6 is 0 Å². The van der Waals surface area contributed by atoms with Gasteiger partial charge in [0.1, 0.15) is 0 Å². The van der Waals surface area contributed by atoms with Crippen LogP contribution in [0.25, 0.3) is 0 Å². The van der Waals surface area contributed by atoms with Gasteiger partial charge in [0.15, 0.2) is 11.6 Å². The van der Waals surface area contributed by atoms with E-state index in [1.54, 1.807) is 12.2 Å². The molecule has 0 amide bonds. The zero-order valence-corrected chi connectivity index (χ0v) is 13.0. The van der Waals surface area contributed by atoms with Crippen LogP contribution in [0.3, 0.4) is 0 Å².